The summed E-state index contributed by atoms with van der Waals surface area (Å²) in [5.74, 6) is -0.732. The normalized spacial score (nSPS) is 10.7. The van der Waals surface area contributed by atoms with Crippen molar-refractivity contribution in [3.8, 4) is 5.69 Å². The fraction of sp³-hybridized carbons (Fsp3) is 0.304. The summed E-state index contributed by atoms with van der Waals surface area (Å²) < 4.78 is 6.85. The minimum atomic E-state index is -0.373. The quantitative estimate of drug-likeness (QED) is 0.370. The molecule has 0 spiro atoms. The van der Waals surface area contributed by atoms with Crippen molar-refractivity contribution in [3.63, 3.8) is 0 Å². The third kappa shape index (κ3) is 5.70. The van der Waals surface area contributed by atoms with Crippen molar-refractivity contribution in [3.05, 3.63) is 70.5 Å². The van der Waals surface area contributed by atoms with Crippen molar-refractivity contribution >= 4 is 29.2 Å². The summed E-state index contributed by atoms with van der Waals surface area (Å²) >= 11 is 5.97. The Morgan fingerprint density at radius 3 is 2.39 bits per heavy atom. The van der Waals surface area contributed by atoms with Gasteiger partial charge in [0, 0.05) is 10.7 Å². The molecule has 8 heteroatoms. The summed E-state index contributed by atoms with van der Waals surface area (Å²) in [6.45, 7) is 4.46. The molecule has 0 bridgehead atoms. The minimum absolute atomic E-state index is 0.264. The van der Waals surface area contributed by atoms with Crippen LogP contribution in [0, 0.1) is 0 Å². The highest BCUT2D eigenvalue weighted by Crippen LogP contribution is 2.19. The van der Waals surface area contributed by atoms with Crippen LogP contribution >= 0.6 is 11.6 Å². The van der Waals surface area contributed by atoms with Crippen molar-refractivity contribution < 1.29 is 14.3 Å². The van der Waals surface area contributed by atoms with E-state index in [0.717, 1.165) is 30.6 Å². The Morgan fingerprint density at radius 2 is 1.74 bits per heavy atom. The maximum Gasteiger partial charge on any atom is 0.338 e. The van der Waals surface area contributed by atoms with Crippen LogP contribution in [-0.4, -0.2) is 33.5 Å². The number of carbonyl (C=O) groups is 2. The molecule has 3 rings (SSSR count). The van der Waals surface area contributed by atoms with E-state index < -0.39 is 0 Å². The first-order valence-corrected chi connectivity index (χ1v) is 10.7. The molecule has 0 unspecified atom stereocenters. The number of rotatable bonds is 9. The number of aromatic nitrogens is 3. The number of esters is 1. The van der Waals surface area contributed by atoms with E-state index in [1.807, 2.05) is 26.0 Å². The Morgan fingerprint density at radius 1 is 1.03 bits per heavy atom. The third-order valence-corrected chi connectivity index (χ3v) is 4.90. The van der Waals surface area contributed by atoms with Gasteiger partial charge in [-0.25, -0.2) is 9.48 Å². The van der Waals surface area contributed by atoms with E-state index in [1.54, 1.807) is 41.1 Å². The lowest BCUT2D eigenvalue weighted by Crippen LogP contribution is -2.16. The molecule has 162 valence electrons. The van der Waals surface area contributed by atoms with Crippen LogP contribution in [0.1, 0.15) is 59.7 Å². The average molecular weight is 441 g/mol. The van der Waals surface area contributed by atoms with E-state index in [2.05, 4.69) is 15.6 Å². The standard InChI is InChI=1S/C23H25ClN4O3/c1-3-5-15-31-23(30)16-7-11-18(12-8-16)25-22(29)21-20(6-4-2)28(27-26-21)19-13-9-17(24)10-14-19/h7-14H,3-6,15H2,1-2H3,(H,25,29). The summed E-state index contributed by atoms with van der Waals surface area (Å²) in [4.78, 5) is 24.9. The van der Waals surface area contributed by atoms with Gasteiger partial charge in [0.1, 0.15) is 0 Å². The summed E-state index contributed by atoms with van der Waals surface area (Å²) in [6, 6.07) is 13.8. The highest BCUT2D eigenvalue weighted by Gasteiger charge is 2.20. The molecular formula is C23H25ClN4O3. The lowest BCUT2D eigenvalue weighted by atomic mass is 10.1. The summed E-state index contributed by atoms with van der Waals surface area (Å²) in [5.41, 5.74) is 2.76. The van der Waals surface area contributed by atoms with E-state index in [9.17, 15) is 9.59 Å². The van der Waals surface area contributed by atoms with Crippen molar-refractivity contribution in [2.24, 2.45) is 0 Å². The molecule has 2 aromatic carbocycles. The largest absolute Gasteiger partial charge is 0.462 e. The fourth-order valence-electron chi connectivity index (χ4n) is 3.00. The molecule has 0 saturated carbocycles. The van der Waals surface area contributed by atoms with Crippen LogP contribution in [0.15, 0.2) is 48.5 Å². The lowest BCUT2D eigenvalue weighted by molar-refractivity contribution is 0.0499. The van der Waals surface area contributed by atoms with Gasteiger partial charge in [0.2, 0.25) is 0 Å². The fourth-order valence-corrected chi connectivity index (χ4v) is 3.13. The second-order valence-corrected chi connectivity index (χ2v) is 7.48. The first-order valence-electron chi connectivity index (χ1n) is 10.3. The third-order valence-electron chi connectivity index (χ3n) is 4.65. The number of unbranched alkanes of at least 4 members (excludes halogenated alkanes) is 1. The second-order valence-electron chi connectivity index (χ2n) is 7.04. The Bertz CT molecular complexity index is 1030. The van der Waals surface area contributed by atoms with Crippen molar-refractivity contribution in [1.82, 2.24) is 15.0 Å². The molecule has 0 atom stereocenters. The zero-order valence-corrected chi connectivity index (χ0v) is 18.4. The predicted octanol–water partition coefficient (Wildman–Crippen LogP) is 5.08. The molecule has 1 aromatic heterocycles. The van der Waals surface area contributed by atoms with Gasteiger partial charge in [-0.05, 0) is 61.4 Å². The van der Waals surface area contributed by atoms with Gasteiger partial charge in [0.05, 0.1) is 23.6 Å². The SMILES string of the molecule is CCCCOC(=O)c1ccc(NC(=O)c2nnn(-c3ccc(Cl)cc3)c2CCC)cc1. The Hall–Kier alpha value is -3.19. The van der Waals surface area contributed by atoms with Gasteiger partial charge in [-0.3, -0.25) is 4.79 Å². The van der Waals surface area contributed by atoms with Crippen LogP contribution in [0.5, 0.6) is 0 Å². The van der Waals surface area contributed by atoms with E-state index in [0.29, 0.717) is 29.3 Å². The van der Waals surface area contributed by atoms with Gasteiger partial charge in [-0.15, -0.1) is 5.10 Å². The number of nitrogens with one attached hydrogen (secondary N) is 1. The van der Waals surface area contributed by atoms with Crippen molar-refractivity contribution in [2.45, 2.75) is 39.5 Å². The van der Waals surface area contributed by atoms with Gasteiger partial charge < -0.3 is 10.1 Å². The first kappa shape index (κ1) is 22.5. The average Bonchev–Trinajstić information content (AvgIpc) is 3.19. The van der Waals surface area contributed by atoms with E-state index >= 15 is 0 Å². The monoisotopic (exact) mass is 440 g/mol. The molecule has 1 heterocycles. The molecule has 0 fully saturated rings. The van der Waals surface area contributed by atoms with E-state index in [4.69, 9.17) is 16.3 Å². The van der Waals surface area contributed by atoms with Crippen LogP contribution in [0.25, 0.3) is 5.69 Å². The number of amides is 1. The second kappa shape index (κ2) is 10.7. The van der Waals surface area contributed by atoms with Crippen LogP contribution in [0.4, 0.5) is 5.69 Å². The lowest BCUT2D eigenvalue weighted by Gasteiger charge is -2.09. The molecule has 7 nitrogen and oxygen atoms in total. The molecule has 31 heavy (non-hydrogen) atoms. The molecule has 0 saturated heterocycles. The summed E-state index contributed by atoms with van der Waals surface area (Å²) in [7, 11) is 0. The van der Waals surface area contributed by atoms with Crippen molar-refractivity contribution in [2.75, 3.05) is 11.9 Å². The van der Waals surface area contributed by atoms with E-state index in [-0.39, 0.29) is 17.6 Å². The minimum Gasteiger partial charge on any atom is -0.462 e. The van der Waals surface area contributed by atoms with Crippen LogP contribution in [0.2, 0.25) is 5.02 Å². The Labute approximate surface area is 186 Å². The molecule has 1 amide bonds. The number of nitrogens with zero attached hydrogens (tertiary/aromatic N) is 3. The molecule has 0 aliphatic rings. The number of benzene rings is 2. The Kier molecular flexibility index (Phi) is 7.78. The summed E-state index contributed by atoms with van der Waals surface area (Å²) in [5, 5.41) is 11.7. The molecular weight excluding hydrogens is 416 g/mol. The zero-order chi connectivity index (χ0) is 22.2. The number of hydrogen-bond acceptors (Lipinski definition) is 5. The van der Waals surface area contributed by atoms with E-state index in [1.165, 1.54) is 0 Å². The Balaban J connectivity index is 1.74. The smallest absolute Gasteiger partial charge is 0.338 e. The van der Waals surface area contributed by atoms with Crippen LogP contribution in [-0.2, 0) is 11.2 Å². The van der Waals surface area contributed by atoms with Gasteiger partial charge in [0.15, 0.2) is 5.69 Å². The van der Waals surface area contributed by atoms with Crippen LogP contribution < -0.4 is 5.32 Å². The highest BCUT2D eigenvalue weighted by molar-refractivity contribution is 6.30. The van der Waals surface area contributed by atoms with Crippen molar-refractivity contribution in [1.29, 1.82) is 0 Å². The van der Waals surface area contributed by atoms with Gasteiger partial charge in [-0.1, -0.05) is 43.5 Å². The molecule has 0 radical (unpaired) electrons. The zero-order valence-electron chi connectivity index (χ0n) is 17.6. The van der Waals surface area contributed by atoms with Crippen LogP contribution in [0.3, 0.4) is 0 Å². The number of hydrogen-bond donors (Lipinski definition) is 1. The molecule has 3 aromatic rings. The summed E-state index contributed by atoms with van der Waals surface area (Å²) in [6.07, 6.45) is 3.26. The number of carbonyl (C=O) groups excluding carboxylic acids is 2. The number of ether oxygens (including phenoxy) is 1. The number of anilines is 1. The maximum absolute atomic E-state index is 12.9. The number of halogens is 1. The predicted molar refractivity (Wildman–Crippen MR) is 120 cm³/mol. The molecule has 0 aliphatic heterocycles. The van der Waals surface area contributed by atoms with Gasteiger partial charge >= 0.3 is 5.97 Å². The molecule has 1 N–H and O–H groups in total. The molecule has 0 aliphatic carbocycles. The van der Waals surface area contributed by atoms with Gasteiger partial charge in [-0.2, -0.15) is 0 Å². The highest BCUT2D eigenvalue weighted by atomic mass is 35.5. The first-order chi connectivity index (χ1) is 15.0. The maximum atomic E-state index is 12.9. The topological polar surface area (TPSA) is 86.1 Å². The van der Waals surface area contributed by atoms with Gasteiger partial charge in [0.25, 0.3) is 5.91 Å².